The number of nitrogens with zero attached hydrogens (tertiary/aromatic N) is 2. The number of Topliss-reactive ketones (excluding diaryl/α,β-unsaturated/α-hetero) is 1. The first kappa shape index (κ1) is 21.8. The molecule has 6 heteroatoms. The first-order chi connectivity index (χ1) is 14.8. The quantitative estimate of drug-likeness (QED) is 0.674. The second-order valence-electron chi connectivity index (χ2n) is 8.77. The summed E-state index contributed by atoms with van der Waals surface area (Å²) in [6.45, 7) is 7.46. The number of ether oxygens (including phenoxy) is 1. The molecule has 2 aromatic carbocycles. The molecule has 0 N–H and O–H groups in total. The molecule has 0 unspecified atom stereocenters. The van der Waals surface area contributed by atoms with Crippen LogP contribution in [0.15, 0.2) is 36.4 Å². The van der Waals surface area contributed by atoms with Gasteiger partial charge in [0.05, 0.1) is 5.41 Å². The first-order valence-electron chi connectivity index (χ1n) is 10.8. The zero-order chi connectivity index (χ0) is 22.2. The molecular formula is C25H29ClN2O3. The second kappa shape index (κ2) is 8.64. The molecule has 2 aromatic rings. The summed E-state index contributed by atoms with van der Waals surface area (Å²) in [6, 6.07) is 11.5. The number of fused-ring (bicyclic) bond motifs is 1. The van der Waals surface area contributed by atoms with Crippen LogP contribution in [0.5, 0.6) is 5.75 Å². The van der Waals surface area contributed by atoms with Crippen molar-refractivity contribution in [2.45, 2.75) is 38.6 Å². The van der Waals surface area contributed by atoms with Crippen molar-refractivity contribution in [3.05, 3.63) is 63.7 Å². The summed E-state index contributed by atoms with van der Waals surface area (Å²) < 4.78 is 5.97. The van der Waals surface area contributed by atoms with Gasteiger partial charge in [-0.3, -0.25) is 14.5 Å². The van der Waals surface area contributed by atoms with E-state index in [1.165, 1.54) is 0 Å². The summed E-state index contributed by atoms with van der Waals surface area (Å²) >= 11 is 6.25. The Balaban J connectivity index is 1.35. The van der Waals surface area contributed by atoms with Crippen LogP contribution in [0, 0.1) is 6.92 Å². The van der Waals surface area contributed by atoms with Crippen LogP contribution in [0.1, 0.15) is 46.8 Å². The molecular weight excluding hydrogens is 412 g/mol. The fourth-order valence-electron chi connectivity index (χ4n) is 4.90. The molecule has 1 fully saturated rings. The Morgan fingerprint density at radius 2 is 1.90 bits per heavy atom. The lowest BCUT2D eigenvalue weighted by Crippen LogP contribution is -2.47. The average Bonchev–Trinajstić information content (AvgIpc) is 3.03. The monoisotopic (exact) mass is 440 g/mol. The molecule has 2 heterocycles. The first-order valence-corrected chi connectivity index (χ1v) is 11.2. The molecule has 0 radical (unpaired) electrons. The summed E-state index contributed by atoms with van der Waals surface area (Å²) in [5.41, 5.74) is 3.53. The van der Waals surface area contributed by atoms with E-state index in [9.17, 15) is 9.59 Å². The number of amides is 1. The van der Waals surface area contributed by atoms with Gasteiger partial charge in [0.1, 0.15) is 18.1 Å². The number of ketones is 1. The SMILES string of the molecule is CC(=O)C1(c2cc(Cl)ccc2C)CCN(CCOc2ccc3c(c2)CN(C)C3=O)CC1. The Kier molecular flexibility index (Phi) is 6.09. The third-order valence-corrected chi connectivity index (χ3v) is 7.07. The lowest BCUT2D eigenvalue weighted by molar-refractivity contribution is -0.124. The van der Waals surface area contributed by atoms with Crippen LogP contribution in [0.25, 0.3) is 0 Å². The molecule has 0 atom stereocenters. The topological polar surface area (TPSA) is 49.9 Å². The van der Waals surface area contributed by atoms with Crippen molar-refractivity contribution >= 4 is 23.3 Å². The highest BCUT2D eigenvalue weighted by Gasteiger charge is 2.41. The molecule has 0 bridgehead atoms. The third kappa shape index (κ3) is 4.21. The van der Waals surface area contributed by atoms with Gasteiger partial charge < -0.3 is 9.64 Å². The van der Waals surface area contributed by atoms with Gasteiger partial charge in [0.15, 0.2) is 0 Å². The Morgan fingerprint density at radius 3 is 2.61 bits per heavy atom. The van der Waals surface area contributed by atoms with Gasteiger partial charge in [0.25, 0.3) is 5.91 Å². The minimum atomic E-state index is -0.453. The van der Waals surface area contributed by atoms with Gasteiger partial charge in [-0.15, -0.1) is 0 Å². The van der Waals surface area contributed by atoms with E-state index in [0.29, 0.717) is 18.2 Å². The van der Waals surface area contributed by atoms with Crippen molar-refractivity contribution in [2.24, 2.45) is 0 Å². The van der Waals surface area contributed by atoms with E-state index in [0.717, 1.165) is 60.5 Å². The molecule has 2 aliphatic heterocycles. The maximum Gasteiger partial charge on any atom is 0.254 e. The van der Waals surface area contributed by atoms with Gasteiger partial charge in [-0.1, -0.05) is 17.7 Å². The third-order valence-electron chi connectivity index (χ3n) is 6.84. The predicted molar refractivity (Wildman–Crippen MR) is 122 cm³/mol. The fraction of sp³-hybridized carbons (Fsp3) is 0.440. The number of aryl methyl sites for hydroxylation is 1. The van der Waals surface area contributed by atoms with E-state index in [1.807, 2.05) is 43.4 Å². The molecule has 0 aliphatic carbocycles. The Hall–Kier alpha value is -2.37. The van der Waals surface area contributed by atoms with Crippen LogP contribution >= 0.6 is 11.6 Å². The van der Waals surface area contributed by atoms with Gasteiger partial charge in [-0.25, -0.2) is 0 Å². The molecule has 0 saturated carbocycles. The van der Waals surface area contributed by atoms with Gasteiger partial charge in [-0.05, 0) is 86.8 Å². The number of hydrogen-bond donors (Lipinski definition) is 0. The Labute approximate surface area is 188 Å². The summed E-state index contributed by atoms with van der Waals surface area (Å²) in [5.74, 6) is 1.08. The van der Waals surface area contributed by atoms with E-state index in [1.54, 1.807) is 11.8 Å². The van der Waals surface area contributed by atoms with Gasteiger partial charge in [0, 0.05) is 30.7 Å². The summed E-state index contributed by atoms with van der Waals surface area (Å²) in [6.07, 6.45) is 1.58. The average molecular weight is 441 g/mol. The van der Waals surface area contributed by atoms with Crippen molar-refractivity contribution in [2.75, 3.05) is 33.3 Å². The van der Waals surface area contributed by atoms with E-state index in [-0.39, 0.29) is 11.7 Å². The lowest BCUT2D eigenvalue weighted by Gasteiger charge is -2.41. The summed E-state index contributed by atoms with van der Waals surface area (Å²) in [5, 5.41) is 0.680. The van der Waals surface area contributed by atoms with Crippen LogP contribution in [0.4, 0.5) is 0 Å². The van der Waals surface area contributed by atoms with Crippen LogP contribution in [0.3, 0.4) is 0 Å². The van der Waals surface area contributed by atoms with Gasteiger partial charge in [-0.2, -0.15) is 0 Å². The van der Waals surface area contributed by atoms with Crippen molar-refractivity contribution in [1.82, 2.24) is 9.80 Å². The standard InChI is InChI=1S/C25H29ClN2O3/c1-17-4-5-20(26)15-23(17)25(18(2)29)8-10-28(11-9-25)12-13-31-21-6-7-22-19(14-21)16-27(3)24(22)30/h4-7,14-15H,8-13,16H2,1-3H3. The highest BCUT2D eigenvalue weighted by molar-refractivity contribution is 6.30. The summed E-state index contributed by atoms with van der Waals surface area (Å²) in [4.78, 5) is 28.8. The van der Waals surface area contributed by atoms with E-state index in [4.69, 9.17) is 16.3 Å². The molecule has 31 heavy (non-hydrogen) atoms. The molecule has 0 aromatic heterocycles. The Morgan fingerprint density at radius 1 is 1.16 bits per heavy atom. The number of likely N-dealkylation sites (tertiary alicyclic amines) is 1. The number of halogens is 1. The minimum Gasteiger partial charge on any atom is -0.492 e. The number of piperidine rings is 1. The molecule has 2 aliphatic rings. The van der Waals surface area contributed by atoms with E-state index >= 15 is 0 Å². The van der Waals surface area contributed by atoms with Gasteiger partial charge in [0.2, 0.25) is 0 Å². The molecule has 4 rings (SSSR count). The second-order valence-corrected chi connectivity index (χ2v) is 9.20. The van der Waals surface area contributed by atoms with Crippen LogP contribution in [-0.4, -0.2) is 54.8 Å². The van der Waals surface area contributed by atoms with Crippen molar-refractivity contribution < 1.29 is 14.3 Å². The Bertz CT molecular complexity index is 1010. The largest absolute Gasteiger partial charge is 0.492 e. The molecule has 1 amide bonds. The molecule has 164 valence electrons. The predicted octanol–water partition coefficient (Wildman–Crippen LogP) is 4.24. The van der Waals surface area contributed by atoms with Crippen molar-refractivity contribution in [1.29, 1.82) is 0 Å². The number of carbonyl (C=O) groups is 2. The maximum absolute atomic E-state index is 12.7. The van der Waals surface area contributed by atoms with E-state index < -0.39 is 5.41 Å². The van der Waals surface area contributed by atoms with E-state index in [2.05, 4.69) is 11.8 Å². The summed E-state index contributed by atoms with van der Waals surface area (Å²) in [7, 11) is 1.81. The minimum absolute atomic E-state index is 0.0683. The maximum atomic E-state index is 12.7. The highest BCUT2D eigenvalue weighted by atomic mass is 35.5. The lowest BCUT2D eigenvalue weighted by atomic mass is 9.69. The molecule has 1 saturated heterocycles. The van der Waals surface area contributed by atoms with Crippen LogP contribution in [0.2, 0.25) is 5.02 Å². The van der Waals surface area contributed by atoms with Gasteiger partial charge >= 0.3 is 0 Å². The number of hydrogen-bond acceptors (Lipinski definition) is 4. The number of carbonyl (C=O) groups excluding carboxylic acids is 2. The molecule has 0 spiro atoms. The number of rotatable bonds is 6. The van der Waals surface area contributed by atoms with Crippen LogP contribution < -0.4 is 4.74 Å². The smallest absolute Gasteiger partial charge is 0.254 e. The highest BCUT2D eigenvalue weighted by Crippen LogP contribution is 2.39. The molecule has 5 nitrogen and oxygen atoms in total. The van der Waals surface area contributed by atoms with Crippen molar-refractivity contribution in [3.8, 4) is 5.75 Å². The zero-order valence-electron chi connectivity index (χ0n) is 18.4. The number of benzene rings is 2. The fourth-order valence-corrected chi connectivity index (χ4v) is 5.08. The zero-order valence-corrected chi connectivity index (χ0v) is 19.2. The normalized spacial score (nSPS) is 18.2. The van der Waals surface area contributed by atoms with Crippen LogP contribution in [-0.2, 0) is 16.8 Å². The van der Waals surface area contributed by atoms with Crippen molar-refractivity contribution in [3.63, 3.8) is 0 Å².